The Labute approximate surface area is 83.1 Å². The minimum atomic E-state index is -0.213. The van der Waals surface area contributed by atoms with Gasteiger partial charge in [0.05, 0.1) is 12.2 Å². The van der Waals surface area contributed by atoms with E-state index >= 15 is 0 Å². The van der Waals surface area contributed by atoms with E-state index < -0.39 is 0 Å². The molecule has 0 bridgehead atoms. The van der Waals surface area contributed by atoms with Gasteiger partial charge in [0.25, 0.3) is 0 Å². The van der Waals surface area contributed by atoms with Crippen molar-refractivity contribution in [2.24, 2.45) is 0 Å². The van der Waals surface area contributed by atoms with Gasteiger partial charge < -0.3 is 10.2 Å². The fraction of sp³-hybridized carbons (Fsp3) is 1.00. The topological polar surface area (TPSA) is 40.5 Å². The van der Waals surface area contributed by atoms with Crippen LogP contribution < -0.4 is 0 Å². The fourth-order valence-electron chi connectivity index (χ4n) is 0.714. The van der Waals surface area contributed by atoms with Crippen molar-refractivity contribution in [1.82, 2.24) is 0 Å². The highest BCUT2D eigenvalue weighted by atomic mass is 32.2. The van der Waals surface area contributed by atoms with Crippen LogP contribution in [0, 0.1) is 0 Å². The van der Waals surface area contributed by atoms with E-state index in [-0.39, 0.29) is 12.2 Å². The summed E-state index contributed by atoms with van der Waals surface area (Å²) in [6.07, 6.45) is 2.40. The molecular formula is C8H18O2S2. The SMILES string of the molecule is CSCC(O)CSCCC(C)O. The van der Waals surface area contributed by atoms with Gasteiger partial charge in [-0.05, 0) is 25.4 Å². The lowest BCUT2D eigenvalue weighted by molar-refractivity contribution is 0.192. The second-order valence-electron chi connectivity index (χ2n) is 2.82. The van der Waals surface area contributed by atoms with Crippen LogP contribution in [0.5, 0.6) is 0 Å². The quantitative estimate of drug-likeness (QED) is 0.620. The Balaban J connectivity index is 3.08. The Morgan fingerprint density at radius 2 is 1.92 bits per heavy atom. The fourth-order valence-corrected chi connectivity index (χ4v) is 2.43. The lowest BCUT2D eigenvalue weighted by Gasteiger charge is -2.08. The standard InChI is InChI=1S/C8H18O2S2/c1-7(9)3-4-12-6-8(10)5-11-2/h7-10H,3-6H2,1-2H3. The van der Waals surface area contributed by atoms with Crippen molar-refractivity contribution in [3.63, 3.8) is 0 Å². The van der Waals surface area contributed by atoms with Gasteiger partial charge in [-0.15, -0.1) is 0 Å². The van der Waals surface area contributed by atoms with E-state index in [1.807, 2.05) is 6.26 Å². The lowest BCUT2D eigenvalue weighted by atomic mass is 10.3. The molecule has 0 aromatic rings. The molecule has 2 unspecified atom stereocenters. The van der Waals surface area contributed by atoms with Gasteiger partial charge in [-0.3, -0.25) is 0 Å². The molecule has 0 fully saturated rings. The summed E-state index contributed by atoms with van der Waals surface area (Å²) in [5.74, 6) is 2.53. The van der Waals surface area contributed by atoms with Crippen LogP contribution in [0.1, 0.15) is 13.3 Å². The summed E-state index contributed by atoms with van der Waals surface area (Å²) in [5, 5.41) is 18.3. The molecule has 12 heavy (non-hydrogen) atoms. The van der Waals surface area contributed by atoms with Crippen LogP contribution in [0.3, 0.4) is 0 Å². The summed E-state index contributed by atoms with van der Waals surface area (Å²) < 4.78 is 0. The molecule has 0 aliphatic carbocycles. The van der Waals surface area contributed by atoms with Gasteiger partial charge >= 0.3 is 0 Å². The van der Waals surface area contributed by atoms with Crippen molar-refractivity contribution >= 4 is 23.5 Å². The molecule has 0 amide bonds. The number of hydrogen-bond donors (Lipinski definition) is 2. The number of aliphatic hydroxyl groups excluding tert-OH is 2. The first-order valence-electron chi connectivity index (χ1n) is 4.09. The molecule has 2 atom stereocenters. The zero-order valence-corrected chi connectivity index (χ0v) is 9.33. The van der Waals surface area contributed by atoms with E-state index in [9.17, 15) is 5.11 Å². The molecule has 0 rings (SSSR count). The minimum absolute atomic E-state index is 0.195. The summed E-state index contributed by atoms with van der Waals surface area (Å²) in [7, 11) is 0. The number of thioether (sulfide) groups is 2. The molecular weight excluding hydrogens is 192 g/mol. The van der Waals surface area contributed by atoms with E-state index in [0.717, 1.165) is 23.7 Å². The monoisotopic (exact) mass is 210 g/mol. The van der Waals surface area contributed by atoms with Crippen molar-refractivity contribution < 1.29 is 10.2 Å². The Morgan fingerprint density at radius 3 is 2.42 bits per heavy atom. The van der Waals surface area contributed by atoms with E-state index in [1.165, 1.54) is 0 Å². The first-order valence-corrected chi connectivity index (χ1v) is 6.64. The van der Waals surface area contributed by atoms with Crippen LogP contribution in [-0.4, -0.2) is 45.9 Å². The van der Waals surface area contributed by atoms with Gasteiger partial charge in [0, 0.05) is 11.5 Å². The summed E-state index contributed by atoms with van der Waals surface area (Å²) in [4.78, 5) is 0. The third-order valence-corrected chi connectivity index (χ3v) is 3.21. The Morgan fingerprint density at radius 1 is 1.25 bits per heavy atom. The highest BCUT2D eigenvalue weighted by Crippen LogP contribution is 2.09. The summed E-state index contributed by atoms with van der Waals surface area (Å²) in [6.45, 7) is 1.79. The molecule has 2 N–H and O–H groups in total. The second kappa shape index (κ2) is 8.23. The molecule has 4 heteroatoms. The largest absolute Gasteiger partial charge is 0.393 e. The molecule has 0 saturated heterocycles. The van der Waals surface area contributed by atoms with Crippen LogP contribution in [-0.2, 0) is 0 Å². The summed E-state index contributed by atoms with van der Waals surface area (Å²) in [5.41, 5.74) is 0. The molecule has 74 valence electrons. The predicted octanol–water partition coefficient (Wildman–Crippen LogP) is 1.21. The van der Waals surface area contributed by atoms with Crippen LogP contribution >= 0.6 is 23.5 Å². The van der Waals surface area contributed by atoms with Gasteiger partial charge in [-0.25, -0.2) is 0 Å². The average molecular weight is 210 g/mol. The highest BCUT2D eigenvalue weighted by Gasteiger charge is 2.03. The summed E-state index contributed by atoms with van der Waals surface area (Å²) >= 11 is 3.37. The van der Waals surface area contributed by atoms with E-state index in [0.29, 0.717) is 0 Å². The molecule has 0 aliphatic rings. The molecule has 0 saturated carbocycles. The Bertz CT molecular complexity index is 99.1. The molecule has 0 heterocycles. The maximum atomic E-state index is 9.31. The van der Waals surface area contributed by atoms with E-state index in [2.05, 4.69) is 0 Å². The second-order valence-corrected chi connectivity index (χ2v) is 4.88. The zero-order valence-electron chi connectivity index (χ0n) is 7.69. The average Bonchev–Trinajstić information content (AvgIpc) is 1.98. The highest BCUT2D eigenvalue weighted by molar-refractivity contribution is 7.99. The van der Waals surface area contributed by atoms with Crippen molar-refractivity contribution in [3.05, 3.63) is 0 Å². The van der Waals surface area contributed by atoms with Gasteiger partial charge in [-0.2, -0.15) is 23.5 Å². The first kappa shape index (κ1) is 12.6. The van der Waals surface area contributed by atoms with Gasteiger partial charge in [-0.1, -0.05) is 0 Å². The lowest BCUT2D eigenvalue weighted by Crippen LogP contribution is -2.13. The van der Waals surface area contributed by atoms with E-state index in [1.54, 1.807) is 30.4 Å². The third-order valence-electron chi connectivity index (χ3n) is 1.35. The van der Waals surface area contributed by atoms with Crippen LogP contribution in [0.4, 0.5) is 0 Å². The molecule has 0 spiro atoms. The van der Waals surface area contributed by atoms with Gasteiger partial charge in [0.1, 0.15) is 0 Å². The van der Waals surface area contributed by atoms with Gasteiger partial charge in [0.2, 0.25) is 0 Å². The molecule has 2 nitrogen and oxygen atoms in total. The van der Waals surface area contributed by atoms with Crippen molar-refractivity contribution in [3.8, 4) is 0 Å². The van der Waals surface area contributed by atoms with Crippen molar-refractivity contribution in [2.45, 2.75) is 25.6 Å². The molecule has 0 aromatic carbocycles. The predicted molar refractivity (Wildman–Crippen MR) is 58.0 cm³/mol. The minimum Gasteiger partial charge on any atom is -0.393 e. The van der Waals surface area contributed by atoms with Crippen LogP contribution in [0.25, 0.3) is 0 Å². The normalized spacial score (nSPS) is 16.0. The van der Waals surface area contributed by atoms with E-state index in [4.69, 9.17) is 5.11 Å². The maximum Gasteiger partial charge on any atom is 0.0720 e. The number of rotatable bonds is 7. The Hall–Kier alpha value is 0.620. The van der Waals surface area contributed by atoms with Crippen LogP contribution in [0.2, 0.25) is 0 Å². The molecule has 0 radical (unpaired) electrons. The van der Waals surface area contributed by atoms with Crippen LogP contribution in [0.15, 0.2) is 0 Å². The maximum absolute atomic E-state index is 9.31. The first-order chi connectivity index (χ1) is 5.66. The van der Waals surface area contributed by atoms with Crippen molar-refractivity contribution in [1.29, 1.82) is 0 Å². The smallest absolute Gasteiger partial charge is 0.0720 e. The molecule has 0 aliphatic heterocycles. The van der Waals surface area contributed by atoms with Gasteiger partial charge in [0.15, 0.2) is 0 Å². The third kappa shape index (κ3) is 8.71. The zero-order chi connectivity index (χ0) is 9.40. The van der Waals surface area contributed by atoms with Crippen molar-refractivity contribution in [2.75, 3.05) is 23.5 Å². The number of aliphatic hydroxyl groups is 2. The molecule has 0 aromatic heterocycles. The summed E-state index contributed by atoms with van der Waals surface area (Å²) in [6, 6.07) is 0. The number of hydrogen-bond acceptors (Lipinski definition) is 4. The Kier molecular flexibility index (Phi) is 8.65.